The summed E-state index contributed by atoms with van der Waals surface area (Å²) < 4.78 is 10.7. The fourth-order valence-corrected chi connectivity index (χ4v) is 2.45. The van der Waals surface area contributed by atoms with Crippen molar-refractivity contribution in [3.63, 3.8) is 0 Å². The first-order chi connectivity index (χ1) is 7.93. The third kappa shape index (κ3) is 4.12. The summed E-state index contributed by atoms with van der Waals surface area (Å²) in [4.78, 5) is 21.9. The molecule has 1 rings (SSSR count). The summed E-state index contributed by atoms with van der Waals surface area (Å²) in [5.41, 5.74) is 0.886. The Bertz CT molecular complexity index is 457. The number of hydrogen-bond donors (Lipinski definition) is 0. The van der Waals surface area contributed by atoms with E-state index in [1.807, 2.05) is 0 Å². The molecule has 0 heterocycles. The minimum Gasteiger partial charge on any atom is -0.423 e. The zero-order valence-corrected chi connectivity index (χ0v) is 12.4. The molecular weight excluding hydrogens is 356 g/mol. The van der Waals surface area contributed by atoms with Crippen LogP contribution in [0.4, 0.5) is 0 Å². The van der Waals surface area contributed by atoms with Gasteiger partial charge in [-0.25, -0.2) is 0 Å². The van der Waals surface area contributed by atoms with Gasteiger partial charge in [0.1, 0.15) is 0 Å². The lowest BCUT2D eigenvalue weighted by molar-refractivity contribution is -0.134. The van der Waals surface area contributed by atoms with Crippen molar-refractivity contribution in [2.75, 3.05) is 0 Å². The molecule has 1 aromatic carbocycles. The SMILES string of the molecule is CC(=O)Oc1cc(Br)c(CBr)cc1OC(C)=O. The number of halogens is 2. The first-order valence-electron chi connectivity index (χ1n) is 4.69. The zero-order valence-electron chi connectivity index (χ0n) is 9.25. The fourth-order valence-electron chi connectivity index (χ4n) is 1.15. The van der Waals surface area contributed by atoms with Crippen molar-refractivity contribution in [1.29, 1.82) is 0 Å². The van der Waals surface area contributed by atoms with Crippen LogP contribution in [0.3, 0.4) is 0 Å². The molecule has 0 aliphatic heterocycles. The second kappa shape index (κ2) is 6.16. The zero-order chi connectivity index (χ0) is 13.0. The van der Waals surface area contributed by atoms with Crippen LogP contribution in [0.1, 0.15) is 19.4 Å². The number of esters is 2. The highest BCUT2D eigenvalue weighted by atomic mass is 79.9. The molecule has 0 atom stereocenters. The Morgan fingerprint density at radius 2 is 1.59 bits per heavy atom. The van der Waals surface area contributed by atoms with Crippen molar-refractivity contribution in [1.82, 2.24) is 0 Å². The summed E-state index contributed by atoms with van der Waals surface area (Å²) in [6, 6.07) is 3.23. The second-order valence-corrected chi connectivity index (χ2v) is 4.63. The van der Waals surface area contributed by atoms with Gasteiger partial charge in [-0.2, -0.15) is 0 Å². The third-order valence-corrected chi connectivity index (χ3v) is 3.11. The Morgan fingerprint density at radius 1 is 1.12 bits per heavy atom. The van der Waals surface area contributed by atoms with Gasteiger partial charge in [0.05, 0.1) is 0 Å². The van der Waals surface area contributed by atoms with Gasteiger partial charge < -0.3 is 9.47 Å². The molecule has 0 aliphatic rings. The van der Waals surface area contributed by atoms with Gasteiger partial charge in [0, 0.05) is 23.7 Å². The molecule has 0 aromatic heterocycles. The van der Waals surface area contributed by atoms with Crippen molar-refractivity contribution in [3.8, 4) is 11.5 Å². The molecule has 0 radical (unpaired) electrons. The van der Waals surface area contributed by atoms with E-state index in [0.717, 1.165) is 10.0 Å². The van der Waals surface area contributed by atoms with Crippen LogP contribution < -0.4 is 9.47 Å². The van der Waals surface area contributed by atoms with Crippen LogP contribution in [0.25, 0.3) is 0 Å². The maximum atomic E-state index is 10.9. The maximum absolute atomic E-state index is 10.9. The normalized spacial score (nSPS) is 9.88. The predicted octanol–water partition coefficient (Wildman–Crippen LogP) is 3.19. The van der Waals surface area contributed by atoms with Crippen LogP contribution in [0.2, 0.25) is 0 Å². The number of ether oxygens (including phenoxy) is 2. The number of carbonyl (C=O) groups is 2. The molecule has 1 aromatic rings. The Morgan fingerprint density at radius 3 is 2.00 bits per heavy atom. The van der Waals surface area contributed by atoms with Gasteiger partial charge in [0.15, 0.2) is 11.5 Å². The van der Waals surface area contributed by atoms with Gasteiger partial charge in [-0.15, -0.1) is 0 Å². The highest BCUT2D eigenvalue weighted by Crippen LogP contribution is 2.34. The number of rotatable bonds is 3. The number of hydrogen-bond acceptors (Lipinski definition) is 4. The Kier molecular flexibility index (Phi) is 5.14. The van der Waals surface area contributed by atoms with E-state index < -0.39 is 11.9 Å². The molecule has 0 aliphatic carbocycles. The fraction of sp³-hybridized carbons (Fsp3) is 0.273. The van der Waals surface area contributed by atoms with Gasteiger partial charge in [-0.05, 0) is 17.7 Å². The summed E-state index contributed by atoms with van der Waals surface area (Å²) >= 11 is 6.64. The van der Waals surface area contributed by atoms with Crippen LogP contribution in [0.5, 0.6) is 11.5 Å². The van der Waals surface area contributed by atoms with Gasteiger partial charge in [-0.1, -0.05) is 31.9 Å². The van der Waals surface area contributed by atoms with E-state index in [1.54, 1.807) is 12.1 Å². The summed E-state index contributed by atoms with van der Waals surface area (Å²) in [7, 11) is 0. The summed E-state index contributed by atoms with van der Waals surface area (Å²) in [5, 5.41) is 0.586. The average Bonchev–Trinajstić information content (AvgIpc) is 2.20. The molecule has 17 heavy (non-hydrogen) atoms. The van der Waals surface area contributed by atoms with Crippen LogP contribution >= 0.6 is 31.9 Å². The highest BCUT2D eigenvalue weighted by molar-refractivity contribution is 9.10. The van der Waals surface area contributed by atoms with E-state index in [-0.39, 0.29) is 11.5 Å². The molecule has 0 bridgehead atoms. The van der Waals surface area contributed by atoms with E-state index in [2.05, 4.69) is 31.9 Å². The van der Waals surface area contributed by atoms with Crippen LogP contribution in [-0.4, -0.2) is 11.9 Å². The topological polar surface area (TPSA) is 52.6 Å². The molecule has 0 fully saturated rings. The molecule has 0 saturated carbocycles. The van der Waals surface area contributed by atoms with E-state index in [1.165, 1.54) is 13.8 Å². The van der Waals surface area contributed by atoms with Gasteiger partial charge in [0.25, 0.3) is 0 Å². The monoisotopic (exact) mass is 364 g/mol. The van der Waals surface area contributed by atoms with Gasteiger partial charge in [0.2, 0.25) is 0 Å². The number of alkyl halides is 1. The summed E-state index contributed by atoms with van der Waals surface area (Å²) in [5.74, 6) is -0.507. The van der Waals surface area contributed by atoms with E-state index in [4.69, 9.17) is 9.47 Å². The number of benzene rings is 1. The lowest BCUT2D eigenvalue weighted by Gasteiger charge is -2.11. The minimum atomic E-state index is -0.475. The minimum absolute atomic E-state index is 0.212. The predicted molar refractivity (Wildman–Crippen MR) is 69.4 cm³/mol. The van der Waals surface area contributed by atoms with E-state index >= 15 is 0 Å². The lowest BCUT2D eigenvalue weighted by atomic mass is 10.2. The molecule has 4 nitrogen and oxygen atoms in total. The first kappa shape index (κ1) is 14.2. The first-order valence-corrected chi connectivity index (χ1v) is 6.60. The van der Waals surface area contributed by atoms with Crippen molar-refractivity contribution in [2.45, 2.75) is 19.2 Å². The summed E-state index contributed by atoms with van der Waals surface area (Å²) in [6.45, 7) is 2.57. The van der Waals surface area contributed by atoms with E-state index in [9.17, 15) is 9.59 Å². The molecule has 0 spiro atoms. The van der Waals surface area contributed by atoms with Crippen molar-refractivity contribution < 1.29 is 19.1 Å². The molecule has 0 unspecified atom stereocenters. The Labute approximate surface area is 116 Å². The molecular formula is C11H10Br2O4. The quantitative estimate of drug-likeness (QED) is 0.469. The average molecular weight is 366 g/mol. The molecule has 0 amide bonds. The van der Waals surface area contributed by atoms with Crippen LogP contribution in [0, 0.1) is 0 Å². The maximum Gasteiger partial charge on any atom is 0.308 e. The molecule has 0 saturated heterocycles. The van der Waals surface area contributed by atoms with Gasteiger partial charge >= 0.3 is 11.9 Å². The van der Waals surface area contributed by atoms with Gasteiger partial charge in [-0.3, -0.25) is 9.59 Å². The third-order valence-electron chi connectivity index (χ3n) is 1.76. The standard InChI is InChI=1S/C11H10Br2O4/c1-6(14)16-10-3-8(5-12)9(13)4-11(10)17-7(2)15/h3-4H,5H2,1-2H3. The van der Waals surface area contributed by atoms with Crippen molar-refractivity contribution in [3.05, 3.63) is 22.2 Å². The van der Waals surface area contributed by atoms with Crippen molar-refractivity contribution >= 4 is 43.8 Å². The number of carbonyl (C=O) groups excluding carboxylic acids is 2. The lowest BCUT2D eigenvalue weighted by Crippen LogP contribution is -2.07. The molecule has 92 valence electrons. The largest absolute Gasteiger partial charge is 0.423 e. The van der Waals surface area contributed by atoms with E-state index in [0.29, 0.717) is 5.33 Å². The van der Waals surface area contributed by atoms with Crippen LogP contribution in [-0.2, 0) is 14.9 Å². The Balaban J connectivity index is 3.20. The Hall–Kier alpha value is -0.880. The second-order valence-electron chi connectivity index (χ2n) is 3.21. The highest BCUT2D eigenvalue weighted by Gasteiger charge is 2.13. The smallest absolute Gasteiger partial charge is 0.308 e. The summed E-state index contributed by atoms with van der Waals surface area (Å²) in [6.07, 6.45) is 0. The van der Waals surface area contributed by atoms with Crippen molar-refractivity contribution in [2.24, 2.45) is 0 Å². The molecule has 0 N–H and O–H groups in total. The molecule has 6 heteroatoms. The van der Waals surface area contributed by atoms with Crippen LogP contribution in [0.15, 0.2) is 16.6 Å².